The molecule has 0 atom stereocenters. The third kappa shape index (κ3) is 5.07. The second-order valence-electron chi connectivity index (χ2n) is 7.48. The lowest BCUT2D eigenvalue weighted by Gasteiger charge is -2.34. The first-order chi connectivity index (χ1) is 14.7. The minimum Gasteiger partial charge on any atom is -0.486 e. The molecular formula is C24H27N3O3. The highest BCUT2D eigenvalue weighted by Gasteiger charge is 2.24. The summed E-state index contributed by atoms with van der Waals surface area (Å²) in [6, 6.07) is 15.6. The predicted octanol–water partition coefficient (Wildman–Crippen LogP) is 3.77. The molecule has 0 aliphatic carbocycles. The SMILES string of the molecule is CCc1ccc(OCc2ccc(C(=O)N3CCN(Cc4cccnc4)CC3)o2)cc1. The zero-order valence-electron chi connectivity index (χ0n) is 17.3. The largest absolute Gasteiger partial charge is 0.486 e. The quantitative estimate of drug-likeness (QED) is 0.599. The van der Waals surface area contributed by atoms with Crippen molar-refractivity contribution in [3.8, 4) is 5.75 Å². The van der Waals surface area contributed by atoms with E-state index in [0.717, 1.165) is 31.8 Å². The standard InChI is InChI=1S/C24H27N3O3/c1-2-19-5-7-21(8-6-19)29-18-22-9-10-23(30-22)24(28)27-14-12-26(13-15-27)17-20-4-3-11-25-16-20/h3-11,16H,2,12-15,17-18H2,1H3. The number of pyridine rings is 1. The zero-order chi connectivity index (χ0) is 20.8. The molecule has 1 saturated heterocycles. The van der Waals surface area contributed by atoms with Crippen LogP contribution in [0, 0.1) is 0 Å². The maximum absolute atomic E-state index is 12.8. The lowest BCUT2D eigenvalue weighted by molar-refractivity contribution is 0.0594. The van der Waals surface area contributed by atoms with E-state index in [0.29, 0.717) is 31.2 Å². The lowest BCUT2D eigenvalue weighted by atomic mass is 10.2. The number of carbonyl (C=O) groups is 1. The number of aromatic nitrogens is 1. The van der Waals surface area contributed by atoms with Gasteiger partial charge in [0.25, 0.3) is 5.91 Å². The summed E-state index contributed by atoms with van der Waals surface area (Å²) < 4.78 is 11.5. The summed E-state index contributed by atoms with van der Waals surface area (Å²) in [6.45, 7) is 6.34. The van der Waals surface area contributed by atoms with Gasteiger partial charge in [-0.2, -0.15) is 0 Å². The van der Waals surface area contributed by atoms with E-state index in [9.17, 15) is 4.79 Å². The van der Waals surface area contributed by atoms with E-state index in [-0.39, 0.29) is 5.91 Å². The first-order valence-corrected chi connectivity index (χ1v) is 10.4. The molecule has 2 aromatic heterocycles. The fourth-order valence-electron chi connectivity index (χ4n) is 3.56. The van der Waals surface area contributed by atoms with Crippen LogP contribution in [0.15, 0.2) is 65.3 Å². The number of amides is 1. The van der Waals surface area contributed by atoms with Gasteiger partial charge in [0.2, 0.25) is 0 Å². The van der Waals surface area contributed by atoms with Gasteiger partial charge in [-0.25, -0.2) is 0 Å². The van der Waals surface area contributed by atoms with E-state index in [1.807, 2.05) is 35.4 Å². The molecule has 1 aliphatic heterocycles. The van der Waals surface area contributed by atoms with E-state index in [2.05, 4.69) is 35.0 Å². The molecule has 3 aromatic rings. The molecule has 1 amide bonds. The molecule has 0 spiro atoms. The summed E-state index contributed by atoms with van der Waals surface area (Å²) in [5.41, 5.74) is 2.46. The Bertz CT molecular complexity index is 945. The van der Waals surface area contributed by atoms with Gasteiger partial charge in [-0.05, 0) is 47.9 Å². The Hall–Kier alpha value is -3.12. The number of nitrogens with zero attached hydrogens (tertiary/aromatic N) is 3. The molecule has 1 aliphatic rings. The van der Waals surface area contributed by atoms with Gasteiger partial charge in [-0.3, -0.25) is 14.7 Å². The average Bonchev–Trinajstić information content (AvgIpc) is 3.28. The van der Waals surface area contributed by atoms with E-state index < -0.39 is 0 Å². The van der Waals surface area contributed by atoms with Gasteiger partial charge >= 0.3 is 0 Å². The highest BCUT2D eigenvalue weighted by molar-refractivity contribution is 5.91. The van der Waals surface area contributed by atoms with Gasteiger partial charge < -0.3 is 14.1 Å². The monoisotopic (exact) mass is 405 g/mol. The van der Waals surface area contributed by atoms with Crippen molar-refractivity contribution >= 4 is 5.91 Å². The van der Waals surface area contributed by atoms with Crippen LogP contribution in [0.4, 0.5) is 0 Å². The maximum atomic E-state index is 12.8. The van der Waals surface area contributed by atoms with Gasteiger partial charge in [0.05, 0.1) is 0 Å². The molecule has 4 rings (SSSR count). The van der Waals surface area contributed by atoms with Gasteiger partial charge in [0.1, 0.15) is 18.1 Å². The minimum atomic E-state index is -0.0606. The molecule has 30 heavy (non-hydrogen) atoms. The Kier molecular flexibility index (Phi) is 6.44. The van der Waals surface area contributed by atoms with Gasteiger partial charge in [-0.15, -0.1) is 0 Å². The second kappa shape index (κ2) is 9.59. The summed E-state index contributed by atoms with van der Waals surface area (Å²) in [6.07, 6.45) is 4.68. The molecule has 6 nitrogen and oxygen atoms in total. The topological polar surface area (TPSA) is 58.8 Å². The van der Waals surface area contributed by atoms with Gasteiger partial charge in [0, 0.05) is 45.1 Å². The first kappa shape index (κ1) is 20.2. The summed E-state index contributed by atoms with van der Waals surface area (Å²) in [7, 11) is 0. The van der Waals surface area contributed by atoms with Gasteiger partial charge in [-0.1, -0.05) is 25.1 Å². The number of carbonyl (C=O) groups excluding carboxylic acids is 1. The highest BCUT2D eigenvalue weighted by Crippen LogP contribution is 2.17. The van der Waals surface area contributed by atoms with Crippen molar-refractivity contribution < 1.29 is 13.9 Å². The summed E-state index contributed by atoms with van der Waals surface area (Å²) in [5.74, 6) is 1.75. The van der Waals surface area contributed by atoms with E-state index >= 15 is 0 Å². The third-order valence-electron chi connectivity index (χ3n) is 5.37. The number of furan rings is 1. The van der Waals surface area contributed by atoms with Crippen molar-refractivity contribution in [3.63, 3.8) is 0 Å². The van der Waals surface area contributed by atoms with E-state index in [1.165, 1.54) is 11.1 Å². The van der Waals surface area contributed by atoms with Crippen LogP contribution in [0.2, 0.25) is 0 Å². The number of benzene rings is 1. The Morgan fingerprint density at radius 3 is 2.53 bits per heavy atom. The molecule has 0 saturated carbocycles. The number of hydrogen-bond acceptors (Lipinski definition) is 5. The Morgan fingerprint density at radius 2 is 1.83 bits per heavy atom. The van der Waals surface area contributed by atoms with Crippen LogP contribution in [0.1, 0.15) is 34.4 Å². The molecule has 156 valence electrons. The van der Waals surface area contributed by atoms with E-state index in [4.69, 9.17) is 9.15 Å². The number of hydrogen-bond donors (Lipinski definition) is 0. The molecule has 0 N–H and O–H groups in total. The molecule has 1 fully saturated rings. The third-order valence-corrected chi connectivity index (χ3v) is 5.37. The van der Waals surface area contributed by atoms with Crippen LogP contribution in [0.3, 0.4) is 0 Å². The molecule has 3 heterocycles. The fraction of sp³-hybridized carbons (Fsp3) is 0.333. The van der Waals surface area contributed by atoms with Crippen LogP contribution in [-0.2, 0) is 19.6 Å². The summed E-state index contributed by atoms with van der Waals surface area (Å²) in [4.78, 5) is 21.1. The van der Waals surface area contributed by atoms with Crippen molar-refractivity contribution in [2.24, 2.45) is 0 Å². The van der Waals surface area contributed by atoms with Crippen molar-refractivity contribution in [1.29, 1.82) is 0 Å². The normalized spacial score (nSPS) is 14.6. The van der Waals surface area contributed by atoms with Crippen LogP contribution < -0.4 is 4.74 Å². The van der Waals surface area contributed by atoms with E-state index in [1.54, 1.807) is 12.3 Å². The fourth-order valence-corrected chi connectivity index (χ4v) is 3.56. The molecule has 6 heteroatoms. The van der Waals surface area contributed by atoms with Crippen LogP contribution in [-0.4, -0.2) is 46.9 Å². The predicted molar refractivity (Wildman–Crippen MR) is 114 cm³/mol. The first-order valence-electron chi connectivity index (χ1n) is 10.4. The maximum Gasteiger partial charge on any atom is 0.289 e. The number of ether oxygens (including phenoxy) is 1. The number of rotatable bonds is 7. The van der Waals surface area contributed by atoms with Crippen LogP contribution >= 0.6 is 0 Å². The van der Waals surface area contributed by atoms with Crippen molar-refractivity contribution in [1.82, 2.24) is 14.8 Å². The molecule has 0 radical (unpaired) electrons. The lowest BCUT2D eigenvalue weighted by Crippen LogP contribution is -2.48. The zero-order valence-corrected chi connectivity index (χ0v) is 17.3. The molecular weight excluding hydrogens is 378 g/mol. The second-order valence-corrected chi connectivity index (χ2v) is 7.48. The Labute approximate surface area is 177 Å². The Morgan fingerprint density at radius 1 is 1.03 bits per heavy atom. The smallest absolute Gasteiger partial charge is 0.289 e. The van der Waals surface area contributed by atoms with Gasteiger partial charge in [0.15, 0.2) is 5.76 Å². The van der Waals surface area contributed by atoms with Crippen molar-refractivity contribution in [3.05, 3.63) is 83.6 Å². The molecule has 0 bridgehead atoms. The summed E-state index contributed by atoms with van der Waals surface area (Å²) in [5, 5.41) is 0. The highest BCUT2D eigenvalue weighted by atomic mass is 16.5. The molecule has 0 unspecified atom stereocenters. The van der Waals surface area contributed by atoms with Crippen molar-refractivity contribution in [2.45, 2.75) is 26.5 Å². The Balaban J connectivity index is 1.26. The van der Waals surface area contributed by atoms with Crippen LogP contribution in [0.5, 0.6) is 5.75 Å². The minimum absolute atomic E-state index is 0.0606. The average molecular weight is 405 g/mol. The number of aryl methyl sites for hydroxylation is 1. The van der Waals surface area contributed by atoms with Crippen LogP contribution in [0.25, 0.3) is 0 Å². The number of piperazine rings is 1. The molecule has 1 aromatic carbocycles. The summed E-state index contributed by atoms with van der Waals surface area (Å²) >= 11 is 0. The van der Waals surface area contributed by atoms with Crippen molar-refractivity contribution in [2.75, 3.05) is 26.2 Å².